The van der Waals surface area contributed by atoms with E-state index in [9.17, 15) is 4.79 Å². The molecule has 1 aromatic carbocycles. The van der Waals surface area contributed by atoms with Gasteiger partial charge in [-0.25, -0.2) is 0 Å². The maximum atomic E-state index is 12.3. The highest BCUT2D eigenvalue weighted by atomic mass is 35.5. The highest BCUT2D eigenvalue weighted by molar-refractivity contribution is 5.86. The van der Waals surface area contributed by atoms with E-state index in [1.165, 1.54) is 6.42 Å². The Labute approximate surface area is 139 Å². The molecule has 2 rings (SSSR count). The fourth-order valence-electron chi connectivity index (χ4n) is 2.75. The number of hydrogen-bond acceptors (Lipinski definition) is 3. The Kier molecular flexibility index (Phi) is 7.17. The van der Waals surface area contributed by atoms with Crippen molar-refractivity contribution in [3.8, 4) is 5.75 Å². The van der Waals surface area contributed by atoms with Gasteiger partial charge in [-0.15, -0.1) is 12.4 Å². The van der Waals surface area contributed by atoms with Gasteiger partial charge >= 0.3 is 0 Å². The van der Waals surface area contributed by atoms with E-state index in [0.717, 1.165) is 37.0 Å². The topological polar surface area (TPSA) is 64.3 Å². The van der Waals surface area contributed by atoms with Crippen LogP contribution in [0.25, 0.3) is 0 Å². The van der Waals surface area contributed by atoms with Gasteiger partial charge in [0.05, 0.1) is 11.6 Å². The molecule has 0 saturated heterocycles. The highest BCUT2D eigenvalue weighted by Crippen LogP contribution is 2.26. The van der Waals surface area contributed by atoms with Gasteiger partial charge in [0.15, 0.2) is 0 Å². The Morgan fingerprint density at radius 2 is 2.05 bits per heavy atom. The minimum Gasteiger partial charge on any atom is -0.491 e. The zero-order valence-electron chi connectivity index (χ0n) is 13.4. The molecule has 1 saturated carbocycles. The molecule has 1 atom stereocenters. The lowest BCUT2D eigenvalue weighted by Crippen LogP contribution is -2.57. The van der Waals surface area contributed by atoms with Gasteiger partial charge in [-0.1, -0.05) is 31.4 Å². The first-order valence-electron chi connectivity index (χ1n) is 7.79. The van der Waals surface area contributed by atoms with Gasteiger partial charge in [-0.2, -0.15) is 0 Å². The minimum absolute atomic E-state index is 0. The molecule has 4 nitrogen and oxygen atoms in total. The summed E-state index contributed by atoms with van der Waals surface area (Å²) < 4.78 is 5.71. The van der Waals surface area contributed by atoms with Crippen molar-refractivity contribution in [2.75, 3.05) is 6.61 Å². The lowest BCUT2D eigenvalue weighted by molar-refractivity contribution is -0.128. The molecule has 1 fully saturated rings. The summed E-state index contributed by atoms with van der Waals surface area (Å²) in [7, 11) is 0. The summed E-state index contributed by atoms with van der Waals surface area (Å²) in [5.41, 5.74) is 6.70. The molecular weight excluding hydrogens is 300 g/mol. The number of amides is 1. The SMILES string of the molecule is Cc1cccc(OCC(C)NC(=O)C2(N)CCCCC2)c1.Cl. The molecular formula is C17H27ClN2O2. The Hall–Kier alpha value is -1.26. The van der Waals surface area contributed by atoms with Gasteiger partial charge < -0.3 is 15.8 Å². The van der Waals surface area contributed by atoms with Crippen molar-refractivity contribution in [1.29, 1.82) is 0 Å². The van der Waals surface area contributed by atoms with Crippen molar-refractivity contribution in [3.63, 3.8) is 0 Å². The minimum atomic E-state index is -0.685. The Morgan fingerprint density at radius 1 is 1.36 bits per heavy atom. The molecule has 0 aliphatic heterocycles. The van der Waals surface area contributed by atoms with E-state index >= 15 is 0 Å². The van der Waals surface area contributed by atoms with Gasteiger partial charge in [-0.3, -0.25) is 4.79 Å². The summed E-state index contributed by atoms with van der Waals surface area (Å²) in [6.07, 6.45) is 4.82. The fourth-order valence-corrected chi connectivity index (χ4v) is 2.75. The Balaban J connectivity index is 0.00000242. The van der Waals surface area contributed by atoms with E-state index in [1.54, 1.807) is 0 Å². The lowest BCUT2D eigenvalue weighted by Gasteiger charge is -2.33. The van der Waals surface area contributed by atoms with Crippen LogP contribution in [0, 0.1) is 6.92 Å². The Bertz CT molecular complexity index is 487. The van der Waals surface area contributed by atoms with E-state index in [1.807, 2.05) is 38.1 Å². The second-order valence-corrected chi connectivity index (χ2v) is 6.22. The quantitative estimate of drug-likeness (QED) is 0.874. The molecule has 124 valence electrons. The number of hydrogen-bond donors (Lipinski definition) is 2. The molecule has 3 N–H and O–H groups in total. The van der Waals surface area contributed by atoms with E-state index in [-0.39, 0.29) is 24.4 Å². The van der Waals surface area contributed by atoms with Crippen molar-refractivity contribution in [2.24, 2.45) is 5.73 Å². The third-order valence-corrected chi connectivity index (χ3v) is 4.07. The smallest absolute Gasteiger partial charge is 0.240 e. The Morgan fingerprint density at radius 3 is 2.68 bits per heavy atom. The first-order valence-corrected chi connectivity index (χ1v) is 7.79. The van der Waals surface area contributed by atoms with Crippen molar-refractivity contribution in [2.45, 2.75) is 57.5 Å². The van der Waals surface area contributed by atoms with Gasteiger partial charge in [0, 0.05) is 0 Å². The first-order chi connectivity index (χ1) is 9.99. The molecule has 22 heavy (non-hydrogen) atoms. The number of carbonyl (C=O) groups excluding carboxylic acids is 1. The van der Waals surface area contributed by atoms with Crippen LogP contribution in [0.15, 0.2) is 24.3 Å². The van der Waals surface area contributed by atoms with Crippen LogP contribution < -0.4 is 15.8 Å². The zero-order valence-corrected chi connectivity index (χ0v) is 14.2. The number of nitrogens with two attached hydrogens (primary N) is 1. The predicted octanol–water partition coefficient (Wildman–Crippen LogP) is 2.96. The van der Waals surface area contributed by atoms with E-state index < -0.39 is 5.54 Å². The van der Waals surface area contributed by atoms with Crippen molar-refractivity contribution in [3.05, 3.63) is 29.8 Å². The van der Waals surface area contributed by atoms with E-state index in [2.05, 4.69) is 5.32 Å². The van der Waals surface area contributed by atoms with Gasteiger partial charge in [0.25, 0.3) is 0 Å². The monoisotopic (exact) mass is 326 g/mol. The summed E-state index contributed by atoms with van der Waals surface area (Å²) in [5, 5.41) is 2.99. The number of rotatable bonds is 5. The van der Waals surface area contributed by atoms with Gasteiger partial charge in [0.1, 0.15) is 12.4 Å². The highest BCUT2D eigenvalue weighted by Gasteiger charge is 2.35. The number of carbonyl (C=O) groups is 1. The number of halogens is 1. The fraction of sp³-hybridized carbons (Fsp3) is 0.588. The van der Waals surface area contributed by atoms with Gasteiger partial charge in [0.2, 0.25) is 5.91 Å². The lowest BCUT2D eigenvalue weighted by atomic mass is 9.82. The van der Waals surface area contributed by atoms with Gasteiger partial charge in [-0.05, 0) is 44.4 Å². The summed E-state index contributed by atoms with van der Waals surface area (Å²) >= 11 is 0. The summed E-state index contributed by atoms with van der Waals surface area (Å²) in [6, 6.07) is 7.84. The van der Waals surface area contributed by atoms with E-state index in [0.29, 0.717) is 6.61 Å². The van der Waals surface area contributed by atoms with Crippen LogP contribution in [-0.2, 0) is 4.79 Å². The molecule has 5 heteroatoms. The molecule has 1 aliphatic carbocycles. The number of aryl methyl sites for hydroxylation is 1. The van der Waals surface area contributed by atoms with Crippen LogP contribution in [0.3, 0.4) is 0 Å². The maximum absolute atomic E-state index is 12.3. The predicted molar refractivity (Wildman–Crippen MR) is 91.5 cm³/mol. The van der Waals surface area contributed by atoms with Crippen LogP contribution in [-0.4, -0.2) is 24.1 Å². The van der Waals surface area contributed by atoms with Crippen LogP contribution in [0.2, 0.25) is 0 Å². The average molecular weight is 327 g/mol. The molecule has 0 spiro atoms. The third-order valence-electron chi connectivity index (χ3n) is 4.07. The van der Waals surface area contributed by atoms with Crippen molar-refractivity contribution in [1.82, 2.24) is 5.32 Å². The molecule has 1 aromatic rings. The molecule has 0 aromatic heterocycles. The van der Waals surface area contributed by atoms with Crippen LogP contribution in [0.5, 0.6) is 5.75 Å². The summed E-state index contributed by atoms with van der Waals surface area (Å²) in [5.74, 6) is 0.791. The van der Waals surface area contributed by atoms with E-state index in [4.69, 9.17) is 10.5 Å². The van der Waals surface area contributed by atoms with Crippen LogP contribution in [0.1, 0.15) is 44.6 Å². The normalized spacial score (nSPS) is 18.0. The third kappa shape index (κ3) is 5.18. The molecule has 0 bridgehead atoms. The largest absolute Gasteiger partial charge is 0.491 e. The standard InChI is InChI=1S/C17H26N2O2.ClH/c1-13-7-6-8-15(11-13)21-12-14(2)19-16(20)17(18)9-4-3-5-10-17;/h6-8,11,14H,3-5,9-10,12,18H2,1-2H3,(H,19,20);1H. The molecule has 1 aliphatic rings. The first kappa shape index (κ1) is 18.8. The number of benzene rings is 1. The second-order valence-electron chi connectivity index (χ2n) is 6.22. The molecule has 1 amide bonds. The number of ether oxygens (including phenoxy) is 1. The van der Waals surface area contributed by atoms with Crippen LogP contribution >= 0.6 is 12.4 Å². The average Bonchev–Trinajstić information content (AvgIpc) is 2.46. The summed E-state index contributed by atoms with van der Waals surface area (Å²) in [4.78, 5) is 12.3. The molecule has 0 radical (unpaired) electrons. The summed E-state index contributed by atoms with van der Waals surface area (Å²) in [6.45, 7) is 4.42. The molecule has 1 unspecified atom stereocenters. The van der Waals surface area contributed by atoms with Crippen LogP contribution in [0.4, 0.5) is 0 Å². The zero-order chi connectivity index (χ0) is 15.3. The molecule has 0 heterocycles. The maximum Gasteiger partial charge on any atom is 0.240 e. The van der Waals surface area contributed by atoms with Crippen molar-refractivity contribution < 1.29 is 9.53 Å². The second kappa shape index (κ2) is 8.39. The van der Waals surface area contributed by atoms with Crippen molar-refractivity contribution >= 4 is 18.3 Å². The number of nitrogens with one attached hydrogen (secondary N) is 1.